The summed E-state index contributed by atoms with van der Waals surface area (Å²) in [5, 5.41) is 7.16. The third-order valence-electron chi connectivity index (χ3n) is 5.87. The van der Waals surface area contributed by atoms with Crippen molar-refractivity contribution < 1.29 is 14.2 Å². The lowest BCUT2D eigenvalue weighted by atomic mass is 10.2. The number of hydrogen-bond donors (Lipinski definition) is 3. The van der Waals surface area contributed by atoms with Crippen molar-refractivity contribution in [1.82, 2.24) is 15.0 Å². The lowest BCUT2D eigenvalue weighted by Crippen LogP contribution is -2.43. The first-order valence-corrected chi connectivity index (χ1v) is 12.7. The SMILES string of the molecule is COc1cc(OC)c(Cl)c(NC(OC)N(Cc2cccnc2)c2cc(Nc3ccccc3CN)ncn2)c1Cl. The highest BCUT2D eigenvalue weighted by Crippen LogP contribution is 2.44. The number of nitrogens with two attached hydrogens (primary N) is 1. The summed E-state index contributed by atoms with van der Waals surface area (Å²) in [5.41, 5.74) is 9.02. The number of pyridine rings is 1. The number of para-hydroxylation sites is 1. The summed E-state index contributed by atoms with van der Waals surface area (Å²) in [7, 11) is 4.59. The summed E-state index contributed by atoms with van der Waals surface area (Å²) in [6.45, 7) is 0.765. The third kappa shape index (κ3) is 6.61. The Morgan fingerprint density at radius 3 is 2.36 bits per heavy atom. The maximum atomic E-state index is 6.64. The van der Waals surface area contributed by atoms with Crippen LogP contribution in [0.15, 0.2) is 67.3 Å². The Morgan fingerprint density at radius 1 is 0.974 bits per heavy atom. The molecule has 1 atom stereocenters. The van der Waals surface area contributed by atoms with Crippen LogP contribution in [0.2, 0.25) is 10.0 Å². The number of aromatic nitrogens is 3. The van der Waals surface area contributed by atoms with Crippen LogP contribution in [0.25, 0.3) is 0 Å². The molecule has 2 heterocycles. The van der Waals surface area contributed by atoms with E-state index in [1.165, 1.54) is 20.5 Å². The van der Waals surface area contributed by atoms with Gasteiger partial charge in [-0.2, -0.15) is 0 Å². The first kappa shape index (κ1) is 28.2. The van der Waals surface area contributed by atoms with Gasteiger partial charge >= 0.3 is 0 Å². The number of anilines is 4. The number of nitrogens with zero attached hydrogens (tertiary/aromatic N) is 4. The van der Waals surface area contributed by atoms with Crippen molar-refractivity contribution in [3.63, 3.8) is 0 Å². The minimum absolute atomic E-state index is 0.273. The molecule has 4 N–H and O–H groups in total. The molecule has 4 rings (SSSR count). The molecular formula is C27H29Cl2N7O3. The molecule has 0 saturated carbocycles. The van der Waals surface area contributed by atoms with Crippen molar-refractivity contribution >= 4 is 46.2 Å². The zero-order chi connectivity index (χ0) is 27.8. The van der Waals surface area contributed by atoms with Crippen LogP contribution in [-0.2, 0) is 17.8 Å². The van der Waals surface area contributed by atoms with Gasteiger partial charge in [-0.05, 0) is 23.3 Å². The monoisotopic (exact) mass is 569 g/mol. The molecule has 2 aromatic heterocycles. The molecule has 10 nitrogen and oxygen atoms in total. The molecule has 0 saturated heterocycles. The zero-order valence-corrected chi connectivity index (χ0v) is 23.2. The number of ether oxygens (including phenoxy) is 3. The normalized spacial score (nSPS) is 11.5. The smallest absolute Gasteiger partial charge is 0.209 e. The van der Waals surface area contributed by atoms with E-state index in [2.05, 4.69) is 25.6 Å². The Kier molecular flexibility index (Phi) is 9.61. The molecule has 0 fully saturated rings. The maximum Gasteiger partial charge on any atom is 0.209 e. The lowest BCUT2D eigenvalue weighted by Gasteiger charge is -2.33. The zero-order valence-electron chi connectivity index (χ0n) is 21.7. The van der Waals surface area contributed by atoms with E-state index in [-0.39, 0.29) is 10.0 Å². The number of halogens is 2. The van der Waals surface area contributed by atoms with Crippen LogP contribution in [0, 0.1) is 0 Å². The number of nitrogens with one attached hydrogen (secondary N) is 2. The summed E-state index contributed by atoms with van der Waals surface area (Å²) in [6.07, 6.45) is 4.17. The van der Waals surface area contributed by atoms with Gasteiger partial charge < -0.3 is 35.5 Å². The van der Waals surface area contributed by atoms with Crippen LogP contribution in [0.4, 0.5) is 23.0 Å². The molecule has 0 bridgehead atoms. The van der Waals surface area contributed by atoms with Crippen LogP contribution < -0.4 is 30.7 Å². The Morgan fingerprint density at radius 2 is 1.72 bits per heavy atom. The maximum absolute atomic E-state index is 6.64. The summed E-state index contributed by atoms with van der Waals surface area (Å²) in [4.78, 5) is 15.1. The van der Waals surface area contributed by atoms with Gasteiger partial charge in [0, 0.05) is 43.9 Å². The van der Waals surface area contributed by atoms with Gasteiger partial charge in [-0.15, -0.1) is 0 Å². The Labute approximate surface area is 237 Å². The highest BCUT2D eigenvalue weighted by molar-refractivity contribution is 6.41. The molecule has 2 aromatic carbocycles. The fourth-order valence-electron chi connectivity index (χ4n) is 3.90. The Hall–Kier alpha value is -3.83. The average Bonchev–Trinajstić information content (AvgIpc) is 2.97. The van der Waals surface area contributed by atoms with E-state index >= 15 is 0 Å². The number of hydrogen-bond acceptors (Lipinski definition) is 10. The largest absolute Gasteiger partial charge is 0.495 e. The molecule has 204 valence electrons. The first-order valence-electron chi connectivity index (χ1n) is 11.9. The van der Waals surface area contributed by atoms with E-state index in [0.29, 0.717) is 41.9 Å². The molecule has 12 heteroatoms. The van der Waals surface area contributed by atoms with Gasteiger partial charge in [0.25, 0.3) is 0 Å². The number of rotatable bonds is 12. The van der Waals surface area contributed by atoms with Gasteiger partial charge in [0.1, 0.15) is 39.5 Å². The van der Waals surface area contributed by atoms with E-state index < -0.39 is 6.35 Å². The van der Waals surface area contributed by atoms with Crippen LogP contribution in [0.5, 0.6) is 11.5 Å². The minimum atomic E-state index is -0.781. The highest BCUT2D eigenvalue weighted by Gasteiger charge is 2.25. The van der Waals surface area contributed by atoms with Crippen LogP contribution in [0.3, 0.4) is 0 Å². The topological polar surface area (TPSA) is 120 Å². The van der Waals surface area contributed by atoms with Gasteiger partial charge in [-0.1, -0.05) is 47.5 Å². The van der Waals surface area contributed by atoms with E-state index in [0.717, 1.165) is 16.8 Å². The van der Waals surface area contributed by atoms with Gasteiger partial charge in [0.15, 0.2) is 0 Å². The minimum Gasteiger partial charge on any atom is -0.495 e. The van der Waals surface area contributed by atoms with Crippen molar-refractivity contribution in [3.8, 4) is 11.5 Å². The summed E-state index contributed by atoms with van der Waals surface area (Å²) in [5.74, 6) is 1.91. The van der Waals surface area contributed by atoms with E-state index in [9.17, 15) is 0 Å². The van der Waals surface area contributed by atoms with Crippen LogP contribution in [0.1, 0.15) is 11.1 Å². The fourth-order valence-corrected chi connectivity index (χ4v) is 4.51. The predicted octanol–water partition coefficient (Wildman–Crippen LogP) is 5.45. The summed E-state index contributed by atoms with van der Waals surface area (Å²) < 4.78 is 16.7. The summed E-state index contributed by atoms with van der Waals surface area (Å²) in [6, 6.07) is 15.0. The average molecular weight is 570 g/mol. The molecule has 0 amide bonds. The first-order chi connectivity index (χ1) is 19.0. The molecule has 4 aromatic rings. The quantitative estimate of drug-likeness (QED) is 0.190. The van der Waals surface area contributed by atoms with E-state index in [4.69, 9.17) is 43.1 Å². The third-order valence-corrected chi connectivity index (χ3v) is 6.62. The van der Waals surface area contributed by atoms with Gasteiger partial charge in [0.05, 0.1) is 26.5 Å². The number of benzene rings is 2. The van der Waals surface area contributed by atoms with Gasteiger partial charge in [-0.3, -0.25) is 4.98 Å². The van der Waals surface area contributed by atoms with Crippen molar-refractivity contribution in [2.75, 3.05) is 36.9 Å². The standard InChI is InChI=1S/C27H29Cl2N7O3/c1-37-20-11-21(38-2)25(29)26(24(20)28)35-27(39-3)36(15-17-7-6-10-31-14-17)23-12-22(32-16-33-23)34-19-9-5-4-8-18(19)13-30/h4-12,14,16,27,35H,13,15,30H2,1-3H3,(H,32,33,34). The van der Waals surface area contributed by atoms with Crippen LogP contribution >= 0.6 is 23.2 Å². The molecule has 0 aliphatic rings. The van der Waals surface area contributed by atoms with Crippen LogP contribution in [-0.4, -0.2) is 42.6 Å². The predicted molar refractivity (Wildman–Crippen MR) is 154 cm³/mol. The molecular weight excluding hydrogens is 541 g/mol. The second-order valence-corrected chi connectivity index (χ2v) is 9.01. The molecule has 0 aliphatic heterocycles. The van der Waals surface area contributed by atoms with Crippen molar-refractivity contribution in [1.29, 1.82) is 0 Å². The van der Waals surface area contributed by atoms with E-state index in [1.807, 2.05) is 47.4 Å². The van der Waals surface area contributed by atoms with Gasteiger partial charge in [0.2, 0.25) is 6.35 Å². The number of methoxy groups -OCH3 is 3. The molecule has 0 aliphatic carbocycles. The Balaban J connectivity index is 1.73. The second-order valence-electron chi connectivity index (χ2n) is 8.25. The summed E-state index contributed by atoms with van der Waals surface area (Å²) >= 11 is 13.3. The van der Waals surface area contributed by atoms with Crippen molar-refractivity contribution in [2.45, 2.75) is 19.4 Å². The van der Waals surface area contributed by atoms with Crippen molar-refractivity contribution in [3.05, 3.63) is 88.4 Å². The molecule has 0 spiro atoms. The second kappa shape index (κ2) is 13.3. The fraction of sp³-hybridized carbons (Fsp3) is 0.222. The van der Waals surface area contributed by atoms with Crippen molar-refractivity contribution in [2.24, 2.45) is 5.73 Å². The van der Waals surface area contributed by atoms with Gasteiger partial charge in [-0.25, -0.2) is 9.97 Å². The molecule has 39 heavy (non-hydrogen) atoms. The highest BCUT2D eigenvalue weighted by atomic mass is 35.5. The molecule has 1 unspecified atom stereocenters. The lowest BCUT2D eigenvalue weighted by molar-refractivity contribution is 0.119. The van der Waals surface area contributed by atoms with E-state index in [1.54, 1.807) is 25.6 Å². The Bertz CT molecular complexity index is 1370. The molecule has 0 radical (unpaired) electrons.